The van der Waals surface area contributed by atoms with Crippen molar-refractivity contribution in [2.24, 2.45) is 0 Å². The first kappa shape index (κ1) is 31.1. The molecule has 4 heterocycles. The lowest BCUT2D eigenvalue weighted by Crippen LogP contribution is -2.03. The predicted octanol–water partition coefficient (Wildman–Crippen LogP) is 12.2. The molecule has 258 valence electrons. The van der Waals surface area contributed by atoms with Crippen LogP contribution in [0.1, 0.15) is 11.1 Å². The smallest absolute Gasteiger partial charge is 0.0991 e. The van der Waals surface area contributed by atoms with E-state index in [0.29, 0.717) is 5.56 Å². The summed E-state index contributed by atoms with van der Waals surface area (Å²) in [5.41, 5.74) is 13.3. The first-order valence-corrected chi connectivity index (χ1v) is 18.7. The second kappa shape index (κ2) is 12.3. The van der Waals surface area contributed by atoms with Crippen molar-refractivity contribution in [3.63, 3.8) is 0 Å². The molecule has 0 atom stereocenters. The van der Waals surface area contributed by atoms with E-state index in [1.54, 1.807) is 0 Å². The molecule has 0 radical (unpaired) electrons. The number of aromatic nitrogens is 4. The Kier molecular flexibility index (Phi) is 6.98. The molecule has 5 heteroatoms. The molecule has 11 aromatic rings. The Balaban J connectivity index is 1.28. The fourth-order valence-corrected chi connectivity index (χ4v) is 8.95. The van der Waals surface area contributed by atoms with E-state index < -0.39 is 0 Å². The van der Waals surface area contributed by atoms with Crippen LogP contribution in [-0.4, -0.2) is 18.7 Å². The summed E-state index contributed by atoms with van der Waals surface area (Å²) in [5, 5.41) is 17.0. The molecule has 0 saturated carbocycles. The maximum absolute atomic E-state index is 9.55. The molecule has 0 saturated heterocycles. The van der Waals surface area contributed by atoms with Crippen LogP contribution in [0.3, 0.4) is 0 Å². The number of benzene rings is 7. The zero-order valence-corrected chi connectivity index (χ0v) is 29.9. The molecule has 0 amide bonds. The lowest BCUT2D eigenvalue weighted by molar-refractivity contribution is 0.744. The standard InChI is InChI=1S/C50H33N5/c51-30-33-14-13-15-35(28-33)36-29-34(31-52-32-36)26-27-53-42-23-10-7-20-39(42)45-48(53)46-40-21-8-11-24-43(40)54(37-16-3-1-4-17-37)50(46)47-41-22-9-12-25-44(41)55(49(45)47)38-18-5-2-6-19-38/h1-25,28-29,31-32H,26-27H2. The molecule has 4 aromatic heterocycles. The number of nitriles is 1. The third kappa shape index (κ3) is 4.68. The number of hydrogen-bond acceptors (Lipinski definition) is 2. The summed E-state index contributed by atoms with van der Waals surface area (Å²) in [6, 6.07) is 60.6. The van der Waals surface area contributed by atoms with Gasteiger partial charge in [0.15, 0.2) is 0 Å². The molecule has 0 aliphatic rings. The van der Waals surface area contributed by atoms with Crippen molar-refractivity contribution in [3.05, 3.63) is 187 Å². The molecular formula is C50H33N5. The van der Waals surface area contributed by atoms with E-state index in [1.807, 2.05) is 36.7 Å². The van der Waals surface area contributed by atoms with Crippen LogP contribution < -0.4 is 0 Å². The number of aryl methyl sites for hydroxylation is 2. The van der Waals surface area contributed by atoms with Crippen molar-refractivity contribution in [1.29, 1.82) is 5.26 Å². The fourth-order valence-electron chi connectivity index (χ4n) is 8.95. The molecule has 0 bridgehead atoms. The Labute approximate surface area is 317 Å². The number of para-hydroxylation sites is 5. The van der Waals surface area contributed by atoms with Gasteiger partial charge < -0.3 is 13.7 Å². The number of nitrogens with zero attached hydrogens (tertiary/aromatic N) is 5. The van der Waals surface area contributed by atoms with Gasteiger partial charge >= 0.3 is 0 Å². The average Bonchev–Trinajstić information content (AvgIpc) is 3.89. The molecule has 0 spiro atoms. The molecule has 0 N–H and O–H groups in total. The monoisotopic (exact) mass is 703 g/mol. The third-order valence-corrected chi connectivity index (χ3v) is 11.2. The maximum Gasteiger partial charge on any atom is 0.0991 e. The van der Waals surface area contributed by atoms with Gasteiger partial charge in [0.05, 0.1) is 39.2 Å². The quantitative estimate of drug-likeness (QED) is 0.173. The Bertz CT molecular complexity index is 3250. The van der Waals surface area contributed by atoms with Crippen LogP contribution in [0.5, 0.6) is 0 Å². The highest BCUT2D eigenvalue weighted by molar-refractivity contribution is 6.40. The van der Waals surface area contributed by atoms with Gasteiger partial charge in [-0.3, -0.25) is 4.98 Å². The van der Waals surface area contributed by atoms with E-state index >= 15 is 0 Å². The van der Waals surface area contributed by atoms with Gasteiger partial charge in [0.1, 0.15) is 0 Å². The van der Waals surface area contributed by atoms with E-state index in [0.717, 1.165) is 41.0 Å². The number of rotatable bonds is 6. The predicted molar refractivity (Wildman–Crippen MR) is 226 cm³/mol. The zero-order chi connectivity index (χ0) is 36.5. The topological polar surface area (TPSA) is 51.5 Å². The largest absolute Gasteiger partial charge is 0.339 e. The van der Waals surface area contributed by atoms with Crippen molar-refractivity contribution < 1.29 is 0 Å². The van der Waals surface area contributed by atoms with Gasteiger partial charge in [-0.1, -0.05) is 103 Å². The van der Waals surface area contributed by atoms with Crippen molar-refractivity contribution in [1.82, 2.24) is 18.7 Å². The molecule has 11 rings (SSSR count). The van der Waals surface area contributed by atoms with E-state index in [9.17, 15) is 5.26 Å². The Hall–Kier alpha value is -7.42. The van der Waals surface area contributed by atoms with Crippen molar-refractivity contribution >= 4 is 65.4 Å². The van der Waals surface area contributed by atoms with E-state index in [4.69, 9.17) is 0 Å². The van der Waals surface area contributed by atoms with Crippen molar-refractivity contribution in [2.75, 3.05) is 0 Å². The van der Waals surface area contributed by atoms with Gasteiger partial charge in [0, 0.05) is 73.7 Å². The molecule has 7 aromatic carbocycles. The van der Waals surface area contributed by atoms with Crippen LogP contribution in [0.4, 0.5) is 0 Å². The Morgan fingerprint density at radius 3 is 1.60 bits per heavy atom. The van der Waals surface area contributed by atoms with Gasteiger partial charge in [0.2, 0.25) is 0 Å². The normalized spacial score (nSPS) is 11.8. The minimum Gasteiger partial charge on any atom is -0.339 e. The van der Waals surface area contributed by atoms with Gasteiger partial charge in [-0.2, -0.15) is 5.26 Å². The minimum absolute atomic E-state index is 0.645. The van der Waals surface area contributed by atoms with Crippen LogP contribution >= 0.6 is 0 Å². The zero-order valence-electron chi connectivity index (χ0n) is 29.9. The maximum atomic E-state index is 9.55. The summed E-state index contributed by atoms with van der Waals surface area (Å²) >= 11 is 0. The number of pyridine rings is 1. The molecule has 0 aliphatic heterocycles. The summed E-state index contributed by atoms with van der Waals surface area (Å²) in [4.78, 5) is 4.68. The van der Waals surface area contributed by atoms with Crippen LogP contribution in [0.2, 0.25) is 0 Å². The van der Waals surface area contributed by atoms with Crippen LogP contribution in [0.15, 0.2) is 176 Å². The van der Waals surface area contributed by atoms with E-state index in [2.05, 4.69) is 164 Å². The van der Waals surface area contributed by atoms with Crippen LogP contribution in [-0.2, 0) is 13.0 Å². The summed E-state index contributed by atoms with van der Waals surface area (Å²) in [6.45, 7) is 0.754. The lowest BCUT2D eigenvalue weighted by atomic mass is 10.0. The molecule has 0 unspecified atom stereocenters. The Morgan fingerprint density at radius 1 is 0.473 bits per heavy atom. The molecule has 0 aliphatic carbocycles. The fraction of sp³-hybridized carbons (Fsp3) is 0.0400. The van der Waals surface area contributed by atoms with Crippen molar-refractivity contribution in [2.45, 2.75) is 13.0 Å². The van der Waals surface area contributed by atoms with E-state index in [1.165, 1.54) is 65.4 Å². The van der Waals surface area contributed by atoms with Gasteiger partial charge in [-0.25, -0.2) is 0 Å². The minimum atomic E-state index is 0.645. The lowest BCUT2D eigenvalue weighted by Gasteiger charge is -2.13. The number of fused-ring (bicyclic) bond motifs is 12. The summed E-state index contributed by atoms with van der Waals surface area (Å²) in [5.74, 6) is 0. The van der Waals surface area contributed by atoms with Gasteiger partial charge in [-0.05, 0) is 78.2 Å². The van der Waals surface area contributed by atoms with Crippen LogP contribution in [0, 0.1) is 11.3 Å². The van der Waals surface area contributed by atoms with Gasteiger partial charge in [-0.15, -0.1) is 0 Å². The first-order valence-electron chi connectivity index (χ1n) is 18.7. The average molecular weight is 704 g/mol. The first-order chi connectivity index (χ1) is 27.3. The molecule has 5 nitrogen and oxygen atoms in total. The summed E-state index contributed by atoms with van der Waals surface area (Å²) in [7, 11) is 0. The molecule has 0 fully saturated rings. The van der Waals surface area contributed by atoms with Crippen molar-refractivity contribution in [3.8, 4) is 28.6 Å². The highest BCUT2D eigenvalue weighted by Gasteiger charge is 2.28. The Morgan fingerprint density at radius 2 is 1.00 bits per heavy atom. The summed E-state index contributed by atoms with van der Waals surface area (Å²) in [6.07, 6.45) is 4.65. The highest BCUT2D eigenvalue weighted by Crippen LogP contribution is 2.49. The second-order valence-corrected chi connectivity index (χ2v) is 14.2. The van der Waals surface area contributed by atoms with E-state index in [-0.39, 0.29) is 0 Å². The van der Waals surface area contributed by atoms with Gasteiger partial charge in [0.25, 0.3) is 0 Å². The molecular weight excluding hydrogens is 671 g/mol. The van der Waals surface area contributed by atoms with Crippen LogP contribution in [0.25, 0.3) is 87.9 Å². The summed E-state index contributed by atoms with van der Waals surface area (Å²) < 4.78 is 7.53. The number of hydrogen-bond donors (Lipinski definition) is 0. The highest BCUT2D eigenvalue weighted by atomic mass is 15.0. The molecule has 55 heavy (non-hydrogen) atoms. The second-order valence-electron chi connectivity index (χ2n) is 14.2. The third-order valence-electron chi connectivity index (χ3n) is 11.2. The SMILES string of the molecule is N#Cc1cccc(-c2cncc(CCn3c4ccccc4c4c3c3c5ccccc5n(-c5ccccc5)c3c3c5ccccc5n(-c5ccccc5)c43)c2)c1.